The van der Waals surface area contributed by atoms with E-state index in [0.717, 1.165) is 5.39 Å². The third-order valence-corrected chi connectivity index (χ3v) is 4.18. The Morgan fingerprint density at radius 2 is 2.03 bits per heavy atom. The minimum atomic E-state index is -0.480. The Balaban J connectivity index is 1.95. The molecule has 1 amide bonds. The number of carbonyl (C=O) groups is 1. The Bertz CT molecular complexity index is 1070. The highest BCUT2D eigenvalue weighted by molar-refractivity contribution is 5.99. The van der Waals surface area contributed by atoms with Crippen molar-refractivity contribution in [1.82, 2.24) is 25.1 Å². The molecule has 0 aromatic carbocycles. The predicted molar refractivity (Wildman–Crippen MR) is 109 cm³/mol. The largest absolute Gasteiger partial charge is 0.393 e. The smallest absolute Gasteiger partial charge is 0.254 e. The van der Waals surface area contributed by atoms with Crippen molar-refractivity contribution in [2.24, 2.45) is 0 Å². The quantitative estimate of drug-likeness (QED) is 0.560. The molecule has 29 heavy (non-hydrogen) atoms. The first-order chi connectivity index (χ1) is 13.9. The number of rotatable bonds is 7. The second-order valence-electron chi connectivity index (χ2n) is 7.09. The van der Waals surface area contributed by atoms with Crippen LogP contribution in [-0.4, -0.2) is 49.5 Å². The van der Waals surface area contributed by atoms with Gasteiger partial charge in [-0.2, -0.15) is 15.0 Å². The zero-order chi connectivity index (χ0) is 21.0. The first kappa shape index (κ1) is 20.2. The van der Waals surface area contributed by atoms with E-state index in [1.54, 1.807) is 29.9 Å². The molecule has 150 valence electrons. The average molecular weight is 393 g/mol. The molecule has 3 N–H and O–H groups in total. The number of nitrogens with zero attached hydrogens (tertiary/aromatic N) is 5. The van der Waals surface area contributed by atoms with Crippen molar-refractivity contribution in [1.29, 1.82) is 5.26 Å². The zero-order valence-electron chi connectivity index (χ0n) is 16.5. The topological polar surface area (TPSA) is 129 Å². The highest BCUT2D eigenvalue weighted by Crippen LogP contribution is 2.22. The number of aliphatic hydroxyl groups excluding tert-OH is 1. The van der Waals surface area contributed by atoms with Gasteiger partial charge in [-0.3, -0.25) is 4.79 Å². The molecule has 0 radical (unpaired) electrons. The van der Waals surface area contributed by atoms with Crippen molar-refractivity contribution >= 4 is 22.6 Å². The van der Waals surface area contributed by atoms with Crippen LogP contribution in [0.4, 0.5) is 5.69 Å². The van der Waals surface area contributed by atoms with Gasteiger partial charge in [0.2, 0.25) is 0 Å². The molecule has 3 aromatic rings. The summed E-state index contributed by atoms with van der Waals surface area (Å²) in [5, 5.41) is 29.5. The number of nitrogens with one attached hydrogen (secondary N) is 2. The number of nitriles is 1. The molecule has 0 aliphatic carbocycles. The lowest BCUT2D eigenvalue weighted by Crippen LogP contribution is -2.28. The van der Waals surface area contributed by atoms with Crippen LogP contribution < -0.4 is 10.6 Å². The molecular weight excluding hydrogens is 370 g/mol. The van der Waals surface area contributed by atoms with Gasteiger partial charge < -0.3 is 15.7 Å². The van der Waals surface area contributed by atoms with Crippen LogP contribution >= 0.6 is 0 Å². The number of aromatic nitrogens is 4. The highest BCUT2D eigenvalue weighted by atomic mass is 16.3. The second kappa shape index (κ2) is 8.67. The van der Waals surface area contributed by atoms with Gasteiger partial charge in [0, 0.05) is 36.4 Å². The fourth-order valence-electron chi connectivity index (χ4n) is 2.81. The molecular formula is C20H23N7O2. The summed E-state index contributed by atoms with van der Waals surface area (Å²) in [7, 11) is 0. The molecule has 0 aliphatic heterocycles. The monoisotopic (exact) mass is 393 g/mol. The Hall–Kier alpha value is -3.51. The summed E-state index contributed by atoms with van der Waals surface area (Å²) in [5.74, 6) is 0.232. The second-order valence-corrected chi connectivity index (χ2v) is 7.09. The van der Waals surface area contributed by atoms with Gasteiger partial charge in [0.25, 0.3) is 5.91 Å². The maximum Gasteiger partial charge on any atom is 0.254 e. The van der Waals surface area contributed by atoms with Crippen molar-refractivity contribution in [3.63, 3.8) is 0 Å². The molecule has 0 aliphatic rings. The highest BCUT2D eigenvalue weighted by Gasteiger charge is 2.16. The lowest BCUT2D eigenvalue weighted by atomic mass is 10.2. The van der Waals surface area contributed by atoms with Crippen LogP contribution in [0.15, 0.2) is 30.7 Å². The molecule has 0 saturated carbocycles. The van der Waals surface area contributed by atoms with Crippen molar-refractivity contribution in [3.05, 3.63) is 41.9 Å². The number of anilines is 1. The Labute approximate surface area is 168 Å². The standard InChI is InChI=1S/C20H23N7O2/c1-12(2)26-17-7-18(23-11-16(17)20(29)22-5-4-13(3)28)27-19-15(10-25-27)6-14(8-21)9-24-19/h6-7,9-13,28H,4-5H2,1-3H3,(H,22,29)(H,23,26). The van der Waals surface area contributed by atoms with E-state index >= 15 is 0 Å². The first-order valence-electron chi connectivity index (χ1n) is 9.36. The maximum absolute atomic E-state index is 12.6. The number of aliphatic hydroxyl groups is 1. The predicted octanol–water partition coefficient (Wildman–Crippen LogP) is 2.01. The fraction of sp³-hybridized carbons (Fsp3) is 0.350. The molecule has 9 nitrogen and oxygen atoms in total. The summed E-state index contributed by atoms with van der Waals surface area (Å²) < 4.78 is 1.57. The van der Waals surface area contributed by atoms with Crippen molar-refractivity contribution in [2.75, 3.05) is 11.9 Å². The van der Waals surface area contributed by atoms with Gasteiger partial charge in [0.05, 0.1) is 29.1 Å². The molecule has 3 heterocycles. The van der Waals surface area contributed by atoms with E-state index in [9.17, 15) is 9.90 Å². The third-order valence-electron chi connectivity index (χ3n) is 4.18. The van der Waals surface area contributed by atoms with E-state index < -0.39 is 6.10 Å². The number of hydrogen-bond donors (Lipinski definition) is 3. The Kier molecular flexibility index (Phi) is 6.04. The summed E-state index contributed by atoms with van der Waals surface area (Å²) in [6, 6.07) is 5.61. The lowest BCUT2D eigenvalue weighted by molar-refractivity contribution is 0.0946. The number of pyridine rings is 2. The van der Waals surface area contributed by atoms with Crippen molar-refractivity contribution in [2.45, 2.75) is 39.3 Å². The molecule has 1 unspecified atom stereocenters. The van der Waals surface area contributed by atoms with E-state index in [1.807, 2.05) is 13.8 Å². The van der Waals surface area contributed by atoms with Gasteiger partial charge in [-0.25, -0.2) is 9.97 Å². The molecule has 0 bridgehead atoms. The van der Waals surface area contributed by atoms with Crippen LogP contribution in [0.5, 0.6) is 0 Å². The van der Waals surface area contributed by atoms with E-state index in [-0.39, 0.29) is 11.9 Å². The lowest BCUT2D eigenvalue weighted by Gasteiger charge is -2.16. The molecule has 3 aromatic heterocycles. The van der Waals surface area contributed by atoms with E-state index in [2.05, 4.69) is 31.8 Å². The summed E-state index contributed by atoms with van der Waals surface area (Å²) in [6.45, 7) is 6.00. The van der Waals surface area contributed by atoms with Crippen molar-refractivity contribution < 1.29 is 9.90 Å². The summed E-state index contributed by atoms with van der Waals surface area (Å²) in [6.07, 6.45) is 4.59. The van der Waals surface area contributed by atoms with Gasteiger partial charge in [-0.15, -0.1) is 0 Å². The normalized spacial score (nSPS) is 12.0. The van der Waals surface area contributed by atoms with Crippen molar-refractivity contribution in [3.8, 4) is 11.9 Å². The maximum atomic E-state index is 12.6. The number of carbonyl (C=O) groups excluding carboxylic acids is 1. The first-order valence-corrected chi connectivity index (χ1v) is 9.36. The summed E-state index contributed by atoms with van der Waals surface area (Å²) >= 11 is 0. The van der Waals surface area contributed by atoms with Gasteiger partial charge in [0.15, 0.2) is 11.5 Å². The van der Waals surface area contributed by atoms with Crippen LogP contribution in [0.25, 0.3) is 16.9 Å². The molecule has 1 atom stereocenters. The summed E-state index contributed by atoms with van der Waals surface area (Å²) in [4.78, 5) is 21.3. The molecule has 0 spiro atoms. The molecule has 0 saturated heterocycles. The zero-order valence-corrected chi connectivity index (χ0v) is 16.5. The third kappa shape index (κ3) is 4.67. The average Bonchev–Trinajstić information content (AvgIpc) is 3.10. The molecule has 9 heteroatoms. The van der Waals surface area contributed by atoms with Crippen LogP contribution in [0.1, 0.15) is 43.1 Å². The van der Waals surface area contributed by atoms with E-state index in [1.165, 1.54) is 12.4 Å². The van der Waals surface area contributed by atoms with Crippen LogP contribution in [0.3, 0.4) is 0 Å². The van der Waals surface area contributed by atoms with Gasteiger partial charge >= 0.3 is 0 Å². The molecule has 0 fully saturated rings. The summed E-state index contributed by atoms with van der Waals surface area (Å²) in [5.41, 5.74) is 2.05. The van der Waals surface area contributed by atoms with Crippen LogP contribution in [0.2, 0.25) is 0 Å². The van der Waals surface area contributed by atoms with Gasteiger partial charge in [-0.1, -0.05) is 0 Å². The number of fused-ring (bicyclic) bond motifs is 1. The van der Waals surface area contributed by atoms with Gasteiger partial charge in [0.1, 0.15) is 6.07 Å². The Morgan fingerprint density at radius 1 is 1.24 bits per heavy atom. The number of hydrogen-bond acceptors (Lipinski definition) is 7. The van der Waals surface area contributed by atoms with Crippen LogP contribution in [-0.2, 0) is 0 Å². The van der Waals surface area contributed by atoms with E-state index in [0.29, 0.717) is 41.2 Å². The SMILES string of the molecule is CC(O)CCNC(=O)c1cnc(-n2ncc3cc(C#N)cnc32)cc1NC(C)C. The fourth-order valence-corrected chi connectivity index (χ4v) is 2.81. The number of amides is 1. The van der Waals surface area contributed by atoms with E-state index in [4.69, 9.17) is 5.26 Å². The Morgan fingerprint density at radius 3 is 2.72 bits per heavy atom. The van der Waals surface area contributed by atoms with Gasteiger partial charge in [-0.05, 0) is 33.3 Å². The van der Waals surface area contributed by atoms with Crippen LogP contribution in [0, 0.1) is 11.3 Å². The minimum Gasteiger partial charge on any atom is -0.393 e. The molecule has 3 rings (SSSR count). The minimum absolute atomic E-state index is 0.0972.